The number of amides is 1. The Morgan fingerprint density at radius 3 is 2.47 bits per heavy atom. The van der Waals surface area contributed by atoms with E-state index in [0.29, 0.717) is 45.1 Å². The van der Waals surface area contributed by atoms with E-state index in [1.54, 1.807) is 29.2 Å². The Morgan fingerprint density at radius 1 is 1.09 bits per heavy atom. The van der Waals surface area contributed by atoms with E-state index >= 15 is 0 Å². The van der Waals surface area contributed by atoms with E-state index in [1.807, 2.05) is 0 Å². The van der Waals surface area contributed by atoms with Gasteiger partial charge in [0, 0.05) is 25.6 Å². The number of sulfonamides is 1. The first-order chi connectivity index (χ1) is 15.4. The van der Waals surface area contributed by atoms with Gasteiger partial charge in [0.15, 0.2) is 0 Å². The second-order valence-electron chi connectivity index (χ2n) is 8.85. The van der Waals surface area contributed by atoms with E-state index in [2.05, 4.69) is 0 Å². The zero-order valence-corrected chi connectivity index (χ0v) is 19.4. The van der Waals surface area contributed by atoms with Gasteiger partial charge in [-0.3, -0.25) is 4.79 Å². The molecule has 0 aromatic heterocycles. The van der Waals surface area contributed by atoms with Crippen molar-refractivity contribution in [2.75, 3.05) is 33.4 Å². The summed E-state index contributed by atoms with van der Waals surface area (Å²) in [5, 5.41) is 0. The van der Waals surface area contributed by atoms with Crippen LogP contribution in [0.4, 0.5) is 0 Å². The molecule has 1 saturated carbocycles. The fourth-order valence-corrected chi connectivity index (χ4v) is 6.72. The number of esters is 1. The lowest BCUT2D eigenvalue weighted by Gasteiger charge is -2.33. The first kappa shape index (κ1) is 23.2. The first-order valence-electron chi connectivity index (χ1n) is 11.5. The van der Waals surface area contributed by atoms with Crippen LogP contribution >= 0.6 is 0 Å². The molecule has 4 rings (SSSR count). The first-order valence-corrected chi connectivity index (χ1v) is 12.9. The number of methoxy groups -OCH3 is 1. The summed E-state index contributed by atoms with van der Waals surface area (Å²) in [5.74, 6) is 0.0201. The number of hydrogen-bond donors (Lipinski definition) is 0. The maximum absolute atomic E-state index is 13.1. The van der Waals surface area contributed by atoms with Gasteiger partial charge < -0.3 is 14.4 Å². The summed E-state index contributed by atoms with van der Waals surface area (Å²) in [5.41, 5.74) is 0.897. The number of rotatable bonds is 6. The van der Waals surface area contributed by atoms with Crippen LogP contribution in [-0.2, 0) is 35.5 Å². The monoisotopic (exact) mass is 464 g/mol. The van der Waals surface area contributed by atoms with Crippen molar-refractivity contribution in [1.29, 1.82) is 0 Å². The molecule has 176 valence electrons. The molecule has 32 heavy (non-hydrogen) atoms. The minimum atomic E-state index is -3.53. The largest absolute Gasteiger partial charge is 0.467 e. The van der Waals surface area contributed by atoms with E-state index in [4.69, 9.17) is 9.47 Å². The van der Waals surface area contributed by atoms with Crippen molar-refractivity contribution < 1.29 is 27.5 Å². The zero-order chi connectivity index (χ0) is 22.7. The van der Waals surface area contributed by atoms with Gasteiger partial charge >= 0.3 is 5.97 Å². The van der Waals surface area contributed by atoms with Gasteiger partial charge in [-0.05, 0) is 49.3 Å². The van der Waals surface area contributed by atoms with Crippen LogP contribution in [0.3, 0.4) is 0 Å². The molecular weight excluding hydrogens is 432 g/mol. The van der Waals surface area contributed by atoms with Crippen LogP contribution in [0.5, 0.6) is 0 Å². The third kappa shape index (κ3) is 4.70. The highest BCUT2D eigenvalue weighted by atomic mass is 32.2. The van der Waals surface area contributed by atoms with Crippen LogP contribution in [0.2, 0.25) is 0 Å². The van der Waals surface area contributed by atoms with Gasteiger partial charge in [-0.25, -0.2) is 13.2 Å². The average Bonchev–Trinajstić information content (AvgIpc) is 3.22. The molecule has 0 N–H and O–H groups in total. The quantitative estimate of drug-likeness (QED) is 0.598. The summed E-state index contributed by atoms with van der Waals surface area (Å²) in [4.78, 5) is 27.5. The number of fused-ring (bicyclic) bond motifs is 1. The zero-order valence-electron chi connectivity index (χ0n) is 18.6. The van der Waals surface area contributed by atoms with Gasteiger partial charge in [0.05, 0.1) is 25.2 Å². The second kappa shape index (κ2) is 9.89. The summed E-state index contributed by atoms with van der Waals surface area (Å²) in [6.45, 7) is 1.53. The van der Waals surface area contributed by atoms with Crippen molar-refractivity contribution in [3.63, 3.8) is 0 Å². The number of likely N-dealkylation sites (tertiary alicyclic amines) is 1. The normalized spacial score (nSPS) is 26.5. The Morgan fingerprint density at radius 2 is 1.78 bits per heavy atom. The van der Waals surface area contributed by atoms with Crippen molar-refractivity contribution >= 4 is 21.9 Å². The van der Waals surface area contributed by atoms with Crippen LogP contribution in [0.15, 0.2) is 29.2 Å². The highest BCUT2D eigenvalue weighted by Crippen LogP contribution is 2.40. The molecule has 1 aromatic carbocycles. The molecule has 3 fully saturated rings. The Labute approximate surface area is 189 Å². The molecule has 0 bridgehead atoms. The molecule has 1 aliphatic carbocycles. The fourth-order valence-electron chi connectivity index (χ4n) is 5.31. The molecular formula is C23H32N2O6S. The topological polar surface area (TPSA) is 93.2 Å². The number of morpholine rings is 1. The molecule has 3 unspecified atom stereocenters. The van der Waals surface area contributed by atoms with Crippen LogP contribution in [0, 0.1) is 5.92 Å². The van der Waals surface area contributed by atoms with Gasteiger partial charge in [0.25, 0.3) is 0 Å². The Bertz CT molecular complexity index is 926. The van der Waals surface area contributed by atoms with E-state index < -0.39 is 16.1 Å². The molecule has 2 heterocycles. The average molecular weight is 465 g/mol. The number of ether oxygens (including phenoxy) is 2. The molecule has 9 heteroatoms. The van der Waals surface area contributed by atoms with Crippen molar-refractivity contribution in [3.05, 3.63) is 29.8 Å². The SMILES string of the molecule is COC(=O)C1CC2CCCCC2N1C(=O)CCc1ccc(S(=O)(=O)N2CCOCC2)cc1. The lowest BCUT2D eigenvalue weighted by atomic mass is 9.84. The van der Waals surface area contributed by atoms with Gasteiger partial charge in [0.2, 0.25) is 15.9 Å². The Balaban J connectivity index is 1.40. The summed E-state index contributed by atoms with van der Waals surface area (Å²) < 4.78 is 37.2. The minimum absolute atomic E-state index is 0.0279. The summed E-state index contributed by atoms with van der Waals surface area (Å²) in [6, 6.07) is 6.39. The molecule has 1 aromatic rings. The molecule has 0 radical (unpaired) electrons. The van der Waals surface area contributed by atoms with Crippen LogP contribution in [-0.4, -0.2) is 75.0 Å². The predicted molar refractivity (Wildman–Crippen MR) is 117 cm³/mol. The predicted octanol–water partition coefficient (Wildman–Crippen LogP) is 1.97. The van der Waals surface area contributed by atoms with Crippen LogP contribution in [0.1, 0.15) is 44.1 Å². The number of carbonyl (C=O) groups excluding carboxylic acids is 2. The smallest absolute Gasteiger partial charge is 0.328 e. The summed E-state index contributed by atoms with van der Waals surface area (Å²) in [7, 11) is -2.15. The van der Waals surface area contributed by atoms with E-state index in [0.717, 1.165) is 31.2 Å². The maximum Gasteiger partial charge on any atom is 0.328 e. The van der Waals surface area contributed by atoms with E-state index in [-0.39, 0.29) is 29.2 Å². The number of aryl methyl sites for hydroxylation is 1. The molecule has 1 amide bonds. The molecule has 0 spiro atoms. The highest BCUT2D eigenvalue weighted by Gasteiger charge is 2.47. The van der Waals surface area contributed by atoms with Gasteiger partial charge in [-0.2, -0.15) is 4.31 Å². The van der Waals surface area contributed by atoms with Gasteiger partial charge in [0.1, 0.15) is 6.04 Å². The third-order valence-corrected chi connectivity index (χ3v) is 8.92. The van der Waals surface area contributed by atoms with E-state index in [1.165, 1.54) is 11.4 Å². The highest BCUT2D eigenvalue weighted by molar-refractivity contribution is 7.89. The number of carbonyl (C=O) groups is 2. The summed E-state index contributed by atoms with van der Waals surface area (Å²) in [6.07, 6.45) is 5.70. The number of nitrogens with zero attached hydrogens (tertiary/aromatic N) is 2. The number of hydrogen-bond acceptors (Lipinski definition) is 6. The van der Waals surface area contributed by atoms with Crippen LogP contribution < -0.4 is 0 Å². The lowest BCUT2D eigenvalue weighted by molar-refractivity contribution is -0.152. The fraction of sp³-hybridized carbons (Fsp3) is 0.652. The van der Waals surface area contributed by atoms with Gasteiger partial charge in [-0.15, -0.1) is 0 Å². The molecule has 3 aliphatic rings. The standard InChI is InChI=1S/C23H32N2O6S/c1-30-23(27)21-16-18-4-2-3-5-20(18)25(21)22(26)11-8-17-6-9-19(10-7-17)32(28,29)24-12-14-31-15-13-24/h6-7,9-10,18,20-21H,2-5,8,11-16H2,1H3. The summed E-state index contributed by atoms with van der Waals surface area (Å²) >= 11 is 0. The van der Waals surface area contributed by atoms with Crippen molar-refractivity contribution in [3.8, 4) is 0 Å². The molecule has 3 atom stereocenters. The van der Waals surface area contributed by atoms with Crippen molar-refractivity contribution in [1.82, 2.24) is 9.21 Å². The molecule has 8 nitrogen and oxygen atoms in total. The number of benzene rings is 1. The van der Waals surface area contributed by atoms with Crippen molar-refractivity contribution in [2.24, 2.45) is 5.92 Å². The second-order valence-corrected chi connectivity index (χ2v) is 10.8. The Hall–Kier alpha value is -1.97. The maximum atomic E-state index is 13.1. The third-order valence-electron chi connectivity index (χ3n) is 7.01. The van der Waals surface area contributed by atoms with Gasteiger partial charge in [-0.1, -0.05) is 25.0 Å². The van der Waals surface area contributed by atoms with Crippen LogP contribution in [0.25, 0.3) is 0 Å². The van der Waals surface area contributed by atoms with E-state index in [9.17, 15) is 18.0 Å². The molecule has 2 saturated heterocycles. The minimum Gasteiger partial charge on any atom is -0.467 e. The Kier molecular flexibility index (Phi) is 7.17. The lowest BCUT2D eigenvalue weighted by Crippen LogP contribution is -2.46. The molecule has 2 aliphatic heterocycles. The van der Waals surface area contributed by atoms with Crippen molar-refractivity contribution in [2.45, 2.75) is 61.9 Å².